The molecule has 0 spiro atoms. The molecule has 1 aliphatic rings. The molecule has 25 heavy (non-hydrogen) atoms. The van der Waals surface area contributed by atoms with Gasteiger partial charge in [-0.1, -0.05) is 49.4 Å². The van der Waals surface area contributed by atoms with E-state index in [2.05, 4.69) is 46.7 Å². The van der Waals surface area contributed by atoms with Crippen LogP contribution in [0.2, 0.25) is 0 Å². The number of para-hydroxylation sites is 1. The van der Waals surface area contributed by atoms with Crippen molar-refractivity contribution >= 4 is 16.8 Å². The smallest absolute Gasteiger partial charge is 0.223 e. The van der Waals surface area contributed by atoms with Gasteiger partial charge in [-0.3, -0.25) is 4.79 Å². The first-order valence-corrected chi connectivity index (χ1v) is 9.13. The predicted molar refractivity (Wildman–Crippen MR) is 102 cm³/mol. The first-order chi connectivity index (χ1) is 12.2. The van der Waals surface area contributed by atoms with Gasteiger partial charge in [-0.15, -0.1) is 0 Å². The van der Waals surface area contributed by atoms with Gasteiger partial charge in [0, 0.05) is 29.1 Å². The van der Waals surface area contributed by atoms with Crippen LogP contribution in [-0.4, -0.2) is 16.9 Å². The van der Waals surface area contributed by atoms with E-state index >= 15 is 0 Å². The summed E-state index contributed by atoms with van der Waals surface area (Å²) in [4.78, 5) is 16.0. The molecule has 2 N–H and O–H groups in total. The van der Waals surface area contributed by atoms with Crippen LogP contribution < -0.4 is 5.32 Å². The Morgan fingerprint density at radius 3 is 2.80 bits per heavy atom. The zero-order valence-corrected chi connectivity index (χ0v) is 14.6. The number of hydrogen-bond donors (Lipinski definition) is 2. The molecule has 1 heterocycles. The summed E-state index contributed by atoms with van der Waals surface area (Å²) < 4.78 is 0. The third kappa shape index (κ3) is 3.32. The highest BCUT2D eigenvalue weighted by molar-refractivity contribution is 5.84. The molecule has 0 fully saturated rings. The van der Waals surface area contributed by atoms with E-state index in [4.69, 9.17) is 0 Å². The number of carbonyl (C=O) groups is 1. The Kier molecular flexibility index (Phi) is 4.31. The van der Waals surface area contributed by atoms with Crippen LogP contribution in [0.15, 0.2) is 54.7 Å². The highest BCUT2D eigenvalue weighted by Gasteiger charge is 2.22. The van der Waals surface area contributed by atoms with Crippen LogP contribution in [0.25, 0.3) is 10.9 Å². The summed E-state index contributed by atoms with van der Waals surface area (Å²) in [5, 5.41) is 4.49. The SMILES string of the molecule is CC(Cc1c[nH]c2ccccc12)C(=O)NC1CCc2ccccc2C1. The molecule has 0 saturated carbocycles. The third-order valence-corrected chi connectivity index (χ3v) is 5.34. The first kappa shape index (κ1) is 15.9. The van der Waals surface area contributed by atoms with Gasteiger partial charge in [-0.2, -0.15) is 0 Å². The lowest BCUT2D eigenvalue weighted by Gasteiger charge is -2.26. The summed E-state index contributed by atoms with van der Waals surface area (Å²) in [5.41, 5.74) is 5.16. The second-order valence-electron chi connectivity index (χ2n) is 7.18. The van der Waals surface area contributed by atoms with Gasteiger partial charge in [-0.25, -0.2) is 0 Å². The number of aromatic amines is 1. The van der Waals surface area contributed by atoms with Crippen molar-refractivity contribution in [2.24, 2.45) is 5.92 Å². The quantitative estimate of drug-likeness (QED) is 0.745. The first-order valence-electron chi connectivity index (χ1n) is 9.13. The number of carbonyl (C=O) groups excluding carboxylic acids is 1. The van der Waals surface area contributed by atoms with Gasteiger partial charge in [0.25, 0.3) is 0 Å². The van der Waals surface area contributed by atoms with Gasteiger partial charge < -0.3 is 10.3 Å². The minimum Gasteiger partial charge on any atom is -0.361 e. The summed E-state index contributed by atoms with van der Waals surface area (Å²) in [6.45, 7) is 2.02. The van der Waals surface area contributed by atoms with Crippen molar-refractivity contribution in [3.63, 3.8) is 0 Å². The van der Waals surface area contributed by atoms with E-state index in [-0.39, 0.29) is 17.9 Å². The molecule has 3 heteroatoms. The molecule has 0 aliphatic heterocycles. The van der Waals surface area contributed by atoms with Gasteiger partial charge in [0.05, 0.1) is 0 Å². The van der Waals surface area contributed by atoms with Crippen molar-refractivity contribution in [2.75, 3.05) is 0 Å². The Labute approximate surface area is 148 Å². The molecule has 1 aliphatic carbocycles. The zero-order valence-electron chi connectivity index (χ0n) is 14.6. The minimum atomic E-state index is -0.0311. The summed E-state index contributed by atoms with van der Waals surface area (Å²) >= 11 is 0. The molecule has 0 bridgehead atoms. The van der Waals surface area contributed by atoms with E-state index in [1.165, 1.54) is 22.1 Å². The van der Waals surface area contributed by atoms with Crippen LogP contribution in [0, 0.1) is 5.92 Å². The number of amides is 1. The largest absolute Gasteiger partial charge is 0.361 e. The van der Waals surface area contributed by atoms with Gasteiger partial charge in [0.15, 0.2) is 0 Å². The van der Waals surface area contributed by atoms with Gasteiger partial charge >= 0.3 is 0 Å². The fraction of sp³-hybridized carbons (Fsp3) is 0.318. The van der Waals surface area contributed by atoms with Crippen molar-refractivity contribution in [1.82, 2.24) is 10.3 Å². The second kappa shape index (κ2) is 6.75. The lowest BCUT2D eigenvalue weighted by molar-refractivity contribution is -0.125. The van der Waals surface area contributed by atoms with E-state index in [1.54, 1.807) is 0 Å². The number of H-pyrrole nitrogens is 1. The highest BCUT2D eigenvalue weighted by Crippen LogP contribution is 2.23. The Morgan fingerprint density at radius 2 is 1.92 bits per heavy atom. The van der Waals surface area contributed by atoms with Crippen molar-refractivity contribution < 1.29 is 4.79 Å². The number of fused-ring (bicyclic) bond motifs is 2. The van der Waals surface area contributed by atoms with Crippen LogP contribution in [0.3, 0.4) is 0 Å². The maximum atomic E-state index is 12.7. The van der Waals surface area contributed by atoms with E-state index < -0.39 is 0 Å². The van der Waals surface area contributed by atoms with Crippen molar-refractivity contribution in [2.45, 2.75) is 38.6 Å². The molecule has 0 radical (unpaired) electrons. The predicted octanol–water partition coefficient (Wildman–Crippen LogP) is 4.02. The average Bonchev–Trinajstić information content (AvgIpc) is 3.04. The van der Waals surface area contributed by atoms with E-state index in [0.717, 1.165) is 31.2 Å². The van der Waals surface area contributed by atoms with Gasteiger partial charge in [0.2, 0.25) is 5.91 Å². The van der Waals surface area contributed by atoms with Crippen molar-refractivity contribution in [1.29, 1.82) is 0 Å². The topological polar surface area (TPSA) is 44.9 Å². The van der Waals surface area contributed by atoms with E-state index in [0.29, 0.717) is 0 Å². The number of aromatic nitrogens is 1. The summed E-state index contributed by atoms with van der Waals surface area (Å²) in [6.07, 6.45) is 5.83. The van der Waals surface area contributed by atoms with Crippen LogP contribution in [0.5, 0.6) is 0 Å². The van der Waals surface area contributed by atoms with Crippen LogP contribution in [-0.2, 0) is 24.1 Å². The van der Waals surface area contributed by atoms with E-state index in [9.17, 15) is 4.79 Å². The summed E-state index contributed by atoms with van der Waals surface area (Å²) in [6, 6.07) is 17.1. The van der Waals surface area contributed by atoms with Crippen LogP contribution in [0.1, 0.15) is 30.0 Å². The van der Waals surface area contributed by atoms with Gasteiger partial charge in [0.1, 0.15) is 0 Å². The second-order valence-corrected chi connectivity index (χ2v) is 7.18. The Bertz CT molecular complexity index is 896. The number of aryl methyl sites for hydroxylation is 1. The molecule has 3 aromatic rings. The van der Waals surface area contributed by atoms with Crippen molar-refractivity contribution in [3.8, 4) is 0 Å². The fourth-order valence-corrected chi connectivity index (χ4v) is 3.89. The summed E-state index contributed by atoms with van der Waals surface area (Å²) in [7, 11) is 0. The molecule has 2 unspecified atom stereocenters. The molecule has 0 saturated heterocycles. The molecule has 128 valence electrons. The molecular weight excluding hydrogens is 308 g/mol. The number of nitrogens with one attached hydrogen (secondary N) is 2. The lowest BCUT2D eigenvalue weighted by atomic mass is 9.88. The maximum absolute atomic E-state index is 12.7. The molecule has 2 aromatic carbocycles. The molecule has 3 nitrogen and oxygen atoms in total. The highest BCUT2D eigenvalue weighted by atomic mass is 16.1. The standard InChI is InChI=1S/C22H24N2O/c1-15(12-18-14-23-21-9-5-4-8-20(18)21)22(25)24-19-11-10-16-6-2-3-7-17(16)13-19/h2-9,14-15,19,23H,10-13H2,1H3,(H,24,25). The summed E-state index contributed by atoms with van der Waals surface area (Å²) in [5.74, 6) is 0.131. The Hall–Kier alpha value is -2.55. The fourth-order valence-electron chi connectivity index (χ4n) is 3.89. The number of benzene rings is 2. The number of rotatable bonds is 4. The third-order valence-electron chi connectivity index (χ3n) is 5.34. The van der Waals surface area contributed by atoms with E-state index in [1.807, 2.05) is 25.3 Å². The van der Waals surface area contributed by atoms with Crippen LogP contribution in [0.4, 0.5) is 0 Å². The lowest BCUT2D eigenvalue weighted by Crippen LogP contribution is -2.41. The Morgan fingerprint density at radius 1 is 1.16 bits per heavy atom. The molecule has 2 atom stereocenters. The Balaban J connectivity index is 1.40. The molecule has 1 amide bonds. The normalized spacial score (nSPS) is 17.9. The number of hydrogen-bond acceptors (Lipinski definition) is 1. The van der Waals surface area contributed by atoms with Crippen molar-refractivity contribution in [3.05, 3.63) is 71.4 Å². The zero-order chi connectivity index (χ0) is 17.2. The van der Waals surface area contributed by atoms with Crippen LogP contribution >= 0.6 is 0 Å². The monoisotopic (exact) mass is 332 g/mol. The maximum Gasteiger partial charge on any atom is 0.223 e. The average molecular weight is 332 g/mol. The van der Waals surface area contributed by atoms with Gasteiger partial charge in [-0.05, 0) is 48.4 Å². The molecule has 4 rings (SSSR count). The molecular formula is C22H24N2O. The minimum absolute atomic E-state index is 0.0311. The molecule has 1 aromatic heterocycles.